The first-order valence-corrected chi connectivity index (χ1v) is 13.8. The second kappa shape index (κ2) is 10.3. The lowest BCUT2D eigenvalue weighted by Crippen LogP contribution is -2.30. The van der Waals surface area contributed by atoms with Crippen LogP contribution in [0.4, 0.5) is 0 Å². The fraction of sp³-hybridized carbons (Fsp3) is 0.321. The fourth-order valence-corrected chi connectivity index (χ4v) is 5.34. The van der Waals surface area contributed by atoms with Crippen molar-refractivity contribution in [1.29, 1.82) is 0 Å². The van der Waals surface area contributed by atoms with E-state index in [9.17, 15) is 18.3 Å². The van der Waals surface area contributed by atoms with Crippen molar-refractivity contribution in [2.24, 2.45) is 0 Å². The van der Waals surface area contributed by atoms with Crippen molar-refractivity contribution >= 4 is 37.6 Å². The van der Waals surface area contributed by atoms with Crippen molar-refractivity contribution in [2.45, 2.75) is 51.3 Å². The number of nitrogens with one attached hydrogen (secondary N) is 1. The first-order chi connectivity index (χ1) is 17.2. The Morgan fingerprint density at radius 2 is 1.61 bits per heavy atom. The van der Waals surface area contributed by atoms with Crippen molar-refractivity contribution in [3.8, 4) is 5.75 Å². The van der Waals surface area contributed by atoms with Gasteiger partial charge in [-0.25, -0.2) is 8.42 Å². The molecule has 1 unspecified atom stereocenters. The zero-order valence-electron chi connectivity index (χ0n) is 21.0. The Morgan fingerprint density at radius 3 is 2.19 bits per heavy atom. The molecule has 0 aliphatic rings. The molecule has 0 radical (unpaired) electrons. The number of aliphatic hydroxyl groups excluding tert-OH is 1. The lowest BCUT2D eigenvalue weighted by atomic mass is 10.1. The van der Waals surface area contributed by atoms with Crippen LogP contribution in [0.25, 0.3) is 21.8 Å². The highest BCUT2D eigenvalue weighted by atomic mass is 32.2. The highest BCUT2D eigenvalue weighted by molar-refractivity contribution is 7.91. The van der Waals surface area contributed by atoms with Gasteiger partial charge in [-0.05, 0) is 74.9 Å². The van der Waals surface area contributed by atoms with Gasteiger partial charge in [0.25, 0.3) is 5.91 Å². The van der Waals surface area contributed by atoms with Gasteiger partial charge in [0.05, 0.1) is 29.4 Å². The number of carbonyl (C=O) groups excluding carboxylic acids is 1. The number of rotatable bonds is 9. The third-order valence-electron chi connectivity index (χ3n) is 6.30. The van der Waals surface area contributed by atoms with Gasteiger partial charge >= 0.3 is 0 Å². The monoisotopic (exact) mass is 508 g/mol. The van der Waals surface area contributed by atoms with Gasteiger partial charge in [-0.15, -0.1) is 0 Å². The molecule has 3 aromatic carbocycles. The summed E-state index contributed by atoms with van der Waals surface area (Å²) in [4.78, 5) is 13.4. The molecular formula is C28H32N2O5S. The average Bonchev–Trinajstić information content (AvgIpc) is 3.19. The van der Waals surface area contributed by atoms with Crippen LogP contribution in [-0.4, -0.2) is 42.5 Å². The molecule has 2 N–H and O–H groups in total. The number of benzene rings is 3. The molecule has 1 amide bonds. The normalized spacial score (nSPS) is 12.8. The molecule has 0 fully saturated rings. The number of sulfone groups is 1. The second-order valence-electron chi connectivity index (χ2n) is 9.00. The van der Waals surface area contributed by atoms with Crippen LogP contribution in [0.1, 0.15) is 49.7 Å². The Morgan fingerprint density at radius 1 is 0.972 bits per heavy atom. The average molecular weight is 509 g/mol. The molecule has 4 aromatic rings. The van der Waals surface area contributed by atoms with Crippen LogP contribution in [0.5, 0.6) is 5.75 Å². The summed E-state index contributed by atoms with van der Waals surface area (Å²) in [5, 5.41) is 14.8. The van der Waals surface area contributed by atoms with Crippen LogP contribution in [0, 0.1) is 0 Å². The van der Waals surface area contributed by atoms with Crippen LogP contribution in [-0.2, 0) is 16.4 Å². The van der Waals surface area contributed by atoms with Crippen molar-refractivity contribution in [1.82, 2.24) is 9.88 Å². The molecule has 0 spiro atoms. The molecule has 0 aliphatic heterocycles. The van der Waals surface area contributed by atoms with E-state index in [0.717, 1.165) is 34.1 Å². The number of nitrogens with zero attached hydrogens (tertiary/aromatic N) is 1. The highest BCUT2D eigenvalue weighted by Gasteiger charge is 2.19. The van der Waals surface area contributed by atoms with Gasteiger partial charge in [0.1, 0.15) is 5.75 Å². The molecule has 7 nitrogen and oxygen atoms in total. The SMILES string of the molecule is CCn1c2ccc(OC(C)C)cc2c2cc(C(=O)NC(CO)c3ccc(S(=O)(=O)CC)cc3)ccc21. The number of aliphatic hydroxyl groups is 1. The van der Waals surface area contributed by atoms with E-state index in [0.29, 0.717) is 11.1 Å². The van der Waals surface area contributed by atoms with Gasteiger partial charge < -0.3 is 19.7 Å². The van der Waals surface area contributed by atoms with Gasteiger partial charge in [-0.2, -0.15) is 0 Å². The topological polar surface area (TPSA) is 97.6 Å². The quantitative estimate of drug-likeness (QED) is 0.337. The van der Waals surface area contributed by atoms with Crippen LogP contribution < -0.4 is 10.1 Å². The maximum Gasteiger partial charge on any atom is 0.251 e. The number of hydrogen-bond acceptors (Lipinski definition) is 5. The maximum absolute atomic E-state index is 13.2. The lowest BCUT2D eigenvalue weighted by Gasteiger charge is -2.17. The predicted molar refractivity (Wildman–Crippen MR) is 142 cm³/mol. The molecule has 4 rings (SSSR count). The van der Waals surface area contributed by atoms with E-state index in [1.807, 2.05) is 44.2 Å². The Bertz CT molecular complexity index is 1500. The van der Waals surface area contributed by atoms with Crippen molar-refractivity contribution < 1.29 is 23.1 Å². The summed E-state index contributed by atoms with van der Waals surface area (Å²) in [6.45, 7) is 8.10. The number of carbonyl (C=O) groups is 1. The van der Waals surface area contributed by atoms with E-state index < -0.39 is 15.9 Å². The maximum atomic E-state index is 13.2. The fourth-order valence-electron chi connectivity index (χ4n) is 4.46. The van der Waals surface area contributed by atoms with E-state index >= 15 is 0 Å². The van der Waals surface area contributed by atoms with E-state index in [1.165, 1.54) is 12.1 Å². The molecular weight excluding hydrogens is 476 g/mol. The van der Waals surface area contributed by atoms with Crippen molar-refractivity contribution in [2.75, 3.05) is 12.4 Å². The number of fused-ring (bicyclic) bond motifs is 3. The summed E-state index contributed by atoms with van der Waals surface area (Å²) in [5.74, 6) is 0.457. The van der Waals surface area contributed by atoms with Gasteiger partial charge in [0.15, 0.2) is 9.84 Å². The van der Waals surface area contributed by atoms with Crippen LogP contribution in [0.15, 0.2) is 65.6 Å². The first kappa shape index (κ1) is 25.7. The first-order valence-electron chi connectivity index (χ1n) is 12.2. The molecule has 1 heterocycles. The molecule has 190 valence electrons. The number of ether oxygens (including phenoxy) is 1. The van der Waals surface area contributed by atoms with Gasteiger partial charge in [-0.3, -0.25) is 4.79 Å². The summed E-state index contributed by atoms with van der Waals surface area (Å²) >= 11 is 0. The summed E-state index contributed by atoms with van der Waals surface area (Å²) in [5.41, 5.74) is 3.19. The molecule has 36 heavy (non-hydrogen) atoms. The summed E-state index contributed by atoms with van der Waals surface area (Å²) in [7, 11) is -3.32. The molecule has 0 saturated heterocycles. The van der Waals surface area contributed by atoms with Gasteiger partial charge in [0.2, 0.25) is 0 Å². The minimum Gasteiger partial charge on any atom is -0.491 e. The summed E-state index contributed by atoms with van der Waals surface area (Å²) < 4.78 is 32.3. The predicted octanol–water partition coefficient (Wildman–Crippen LogP) is 4.86. The minimum absolute atomic E-state index is 0.00845. The van der Waals surface area contributed by atoms with Crippen LogP contribution in [0.2, 0.25) is 0 Å². The third kappa shape index (κ3) is 4.96. The van der Waals surface area contributed by atoms with Gasteiger partial charge in [0, 0.05) is 33.9 Å². The Hall–Kier alpha value is -3.36. The second-order valence-corrected chi connectivity index (χ2v) is 11.3. The van der Waals surface area contributed by atoms with E-state index in [4.69, 9.17) is 4.74 Å². The van der Waals surface area contributed by atoms with Crippen molar-refractivity contribution in [3.05, 3.63) is 71.8 Å². The molecule has 0 saturated carbocycles. The van der Waals surface area contributed by atoms with Crippen molar-refractivity contribution in [3.63, 3.8) is 0 Å². The molecule has 0 bridgehead atoms. The smallest absolute Gasteiger partial charge is 0.251 e. The molecule has 1 aromatic heterocycles. The number of aryl methyl sites for hydroxylation is 1. The molecule has 1 atom stereocenters. The largest absolute Gasteiger partial charge is 0.491 e. The Labute approximate surface area is 211 Å². The molecule has 8 heteroatoms. The van der Waals surface area contributed by atoms with Crippen LogP contribution >= 0.6 is 0 Å². The standard InChI is InChI=1S/C28H32N2O5S/c1-5-30-26-13-9-20(15-23(26)24-16-21(35-18(3)4)10-14-27(24)30)28(32)29-25(17-31)19-7-11-22(12-8-19)36(33,34)6-2/h7-16,18,25,31H,5-6,17H2,1-4H3,(H,29,32). The van der Waals surface area contributed by atoms with Gasteiger partial charge in [-0.1, -0.05) is 19.1 Å². The van der Waals surface area contributed by atoms with E-state index in [-0.39, 0.29) is 29.3 Å². The minimum atomic E-state index is -3.32. The number of aromatic nitrogens is 1. The highest BCUT2D eigenvalue weighted by Crippen LogP contribution is 2.33. The van der Waals surface area contributed by atoms with Crippen LogP contribution in [0.3, 0.4) is 0 Å². The number of amides is 1. The number of hydrogen-bond donors (Lipinski definition) is 2. The third-order valence-corrected chi connectivity index (χ3v) is 8.05. The zero-order valence-corrected chi connectivity index (χ0v) is 21.8. The zero-order chi connectivity index (χ0) is 26.0. The molecule has 0 aliphatic carbocycles. The van der Waals surface area contributed by atoms with E-state index in [1.54, 1.807) is 25.1 Å². The van der Waals surface area contributed by atoms with E-state index in [2.05, 4.69) is 16.8 Å². The Kier molecular flexibility index (Phi) is 7.38. The summed E-state index contributed by atoms with van der Waals surface area (Å²) in [6, 6.07) is 17.2. The lowest BCUT2D eigenvalue weighted by molar-refractivity contribution is 0.0916. The Balaban J connectivity index is 1.66. The summed E-state index contributed by atoms with van der Waals surface area (Å²) in [6.07, 6.45) is 0.0508.